The first-order valence-corrected chi connectivity index (χ1v) is 6.47. The van der Waals surface area contributed by atoms with Crippen molar-refractivity contribution < 1.29 is 34.7 Å². The van der Waals surface area contributed by atoms with Crippen LogP contribution in [0.4, 0.5) is 0 Å². The number of ether oxygens (including phenoxy) is 2. The predicted molar refractivity (Wildman–Crippen MR) is 64.0 cm³/mol. The summed E-state index contributed by atoms with van der Waals surface area (Å²) in [6.45, 7) is 1.08. The third-order valence-corrected chi connectivity index (χ3v) is 3.11. The van der Waals surface area contributed by atoms with Crippen LogP contribution in [0.3, 0.4) is 0 Å². The van der Waals surface area contributed by atoms with Crippen LogP contribution >= 0.6 is 0 Å². The first-order chi connectivity index (χ1) is 8.90. The van der Waals surface area contributed by atoms with Crippen molar-refractivity contribution in [1.82, 2.24) is 0 Å². The maximum Gasteiger partial charge on any atom is 0.305 e. The Balaban J connectivity index is 2.40. The van der Waals surface area contributed by atoms with E-state index in [1.165, 1.54) is 0 Å². The predicted octanol–water partition coefficient (Wildman–Crippen LogP) is -1.09. The summed E-state index contributed by atoms with van der Waals surface area (Å²) in [5.41, 5.74) is 0. The molecule has 1 aliphatic heterocycles. The summed E-state index contributed by atoms with van der Waals surface area (Å²) in [7, 11) is 0. The van der Waals surface area contributed by atoms with Gasteiger partial charge in [0.25, 0.3) is 0 Å². The summed E-state index contributed by atoms with van der Waals surface area (Å²) in [5.74, 6) is -2.68. The minimum atomic E-state index is -2.18. The Labute approximate surface area is 111 Å². The Morgan fingerprint density at radius 3 is 2.68 bits per heavy atom. The Morgan fingerprint density at radius 1 is 1.37 bits per heavy atom. The summed E-state index contributed by atoms with van der Waals surface area (Å²) >= 11 is 0. The number of hydrogen-bond acceptors (Lipinski definition) is 7. The number of aliphatic hydroxyl groups excluding tert-OH is 3. The molecule has 19 heavy (non-hydrogen) atoms. The molecule has 0 aliphatic carbocycles. The molecule has 0 saturated carbocycles. The molecule has 1 heterocycles. The topological polar surface area (TPSA) is 116 Å². The molecule has 4 N–H and O–H groups in total. The van der Waals surface area contributed by atoms with Gasteiger partial charge in [0, 0.05) is 6.42 Å². The molecule has 4 atom stereocenters. The van der Waals surface area contributed by atoms with Crippen molar-refractivity contribution in [3.05, 3.63) is 0 Å². The van der Waals surface area contributed by atoms with E-state index < -0.39 is 36.7 Å². The van der Waals surface area contributed by atoms with Crippen molar-refractivity contribution in [3.63, 3.8) is 0 Å². The van der Waals surface area contributed by atoms with Gasteiger partial charge in [0.1, 0.15) is 24.9 Å². The zero-order chi connectivity index (χ0) is 14.5. The standard InChI is InChI=1S/C12H22O7/c1-2-3-4-5-9(14)18-7-12(17)11(16)10(15)8(13)6-19-12/h8,10-11,13,15-17H,2-7H2,1H3. The molecule has 1 rings (SSSR count). The molecular formula is C12H22O7. The molecule has 0 spiro atoms. The van der Waals surface area contributed by atoms with Crippen molar-refractivity contribution in [1.29, 1.82) is 0 Å². The van der Waals surface area contributed by atoms with Crippen LogP contribution in [0.5, 0.6) is 0 Å². The van der Waals surface area contributed by atoms with E-state index in [2.05, 4.69) is 0 Å². The van der Waals surface area contributed by atoms with Gasteiger partial charge in [-0.3, -0.25) is 4.79 Å². The van der Waals surface area contributed by atoms with Crippen LogP contribution in [0.25, 0.3) is 0 Å². The number of carbonyl (C=O) groups excluding carboxylic acids is 1. The van der Waals surface area contributed by atoms with Crippen LogP contribution in [-0.4, -0.2) is 63.7 Å². The molecule has 1 saturated heterocycles. The van der Waals surface area contributed by atoms with Crippen LogP contribution in [0, 0.1) is 0 Å². The first-order valence-electron chi connectivity index (χ1n) is 6.47. The molecule has 4 unspecified atom stereocenters. The number of rotatable bonds is 6. The fourth-order valence-electron chi connectivity index (χ4n) is 1.79. The first kappa shape index (κ1) is 16.3. The maximum atomic E-state index is 11.4. The zero-order valence-corrected chi connectivity index (χ0v) is 11.0. The van der Waals surface area contributed by atoms with Crippen LogP contribution in [0.2, 0.25) is 0 Å². The van der Waals surface area contributed by atoms with Gasteiger partial charge in [0.2, 0.25) is 5.79 Å². The minimum Gasteiger partial charge on any atom is -0.460 e. The summed E-state index contributed by atoms with van der Waals surface area (Å²) in [5, 5.41) is 38.2. The summed E-state index contributed by atoms with van der Waals surface area (Å²) in [4.78, 5) is 11.4. The molecule has 0 amide bonds. The summed E-state index contributed by atoms with van der Waals surface area (Å²) in [6, 6.07) is 0. The lowest BCUT2D eigenvalue weighted by Gasteiger charge is -2.40. The molecule has 1 fully saturated rings. The highest BCUT2D eigenvalue weighted by Gasteiger charge is 2.49. The smallest absolute Gasteiger partial charge is 0.305 e. The molecule has 0 aromatic heterocycles. The third kappa shape index (κ3) is 4.39. The monoisotopic (exact) mass is 278 g/mol. The van der Waals surface area contributed by atoms with Gasteiger partial charge in [0.15, 0.2) is 0 Å². The van der Waals surface area contributed by atoms with Crippen molar-refractivity contribution in [2.45, 2.75) is 56.7 Å². The van der Waals surface area contributed by atoms with Crippen LogP contribution in [0.15, 0.2) is 0 Å². The van der Waals surface area contributed by atoms with Gasteiger partial charge in [-0.05, 0) is 6.42 Å². The molecule has 7 heteroatoms. The van der Waals surface area contributed by atoms with Gasteiger partial charge in [-0.25, -0.2) is 0 Å². The highest BCUT2D eigenvalue weighted by molar-refractivity contribution is 5.69. The Kier molecular flexibility index (Phi) is 6.15. The second-order valence-corrected chi connectivity index (χ2v) is 4.78. The van der Waals surface area contributed by atoms with E-state index in [0.29, 0.717) is 6.42 Å². The fourth-order valence-corrected chi connectivity index (χ4v) is 1.79. The quantitative estimate of drug-likeness (QED) is 0.360. The second kappa shape index (κ2) is 7.16. The lowest BCUT2D eigenvalue weighted by atomic mass is 9.97. The molecule has 0 radical (unpaired) electrons. The lowest BCUT2D eigenvalue weighted by Crippen LogP contribution is -2.63. The van der Waals surface area contributed by atoms with E-state index in [-0.39, 0.29) is 13.0 Å². The number of esters is 1. The number of unbranched alkanes of at least 4 members (excludes halogenated alkanes) is 2. The van der Waals surface area contributed by atoms with Gasteiger partial charge in [-0.2, -0.15) is 0 Å². The Bertz CT molecular complexity index is 296. The van der Waals surface area contributed by atoms with E-state index in [9.17, 15) is 25.2 Å². The maximum absolute atomic E-state index is 11.4. The molecule has 1 aliphatic rings. The van der Waals surface area contributed by atoms with E-state index in [1.54, 1.807) is 0 Å². The van der Waals surface area contributed by atoms with Crippen LogP contribution in [0.1, 0.15) is 32.6 Å². The van der Waals surface area contributed by atoms with Crippen LogP contribution in [-0.2, 0) is 14.3 Å². The average molecular weight is 278 g/mol. The van der Waals surface area contributed by atoms with Gasteiger partial charge in [0.05, 0.1) is 6.61 Å². The van der Waals surface area contributed by atoms with Crippen molar-refractivity contribution >= 4 is 5.97 Å². The molecular weight excluding hydrogens is 256 g/mol. The SMILES string of the molecule is CCCCCC(=O)OCC1(O)OCC(O)C(O)C1O. The molecule has 112 valence electrons. The molecule has 0 aromatic rings. The Morgan fingerprint density at radius 2 is 2.05 bits per heavy atom. The van der Waals surface area contributed by atoms with Crippen molar-refractivity contribution in [2.75, 3.05) is 13.2 Å². The highest BCUT2D eigenvalue weighted by Crippen LogP contribution is 2.24. The van der Waals surface area contributed by atoms with Crippen LogP contribution < -0.4 is 0 Å². The fraction of sp³-hybridized carbons (Fsp3) is 0.917. The van der Waals surface area contributed by atoms with Gasteiger partial charge in [-0.15, -0.1) is 0 Å². The van der Waals surface area contributed by atoms with Crippen molar-refractivity contribution in [2.24, 2.45) is 0 Å². The highest BCUT2D eigenvalue weighted by atomic mass is 16.7. The molecule has 7 nitrogen and oxygen atoms in total. The van der Waals surface area contributed by atoms with E-state index >= 15 is 0 Å². The minimum absolute atomic E-state index is 0.227. The second-order valence-electron chi connectivity index (χ2n) is 4.78. The number of aliphatic hydroxyl groups is 4. The van der Waals surface area contributed by atoms with E-state index in [1.807, 2.05) is 6.92 Å². The largest absolute Gasteiger partial charge is 0.460 e. The Hall–Kier alpha value is -0.730. The van der Waals surface area contributed by atoms with Crippen molar-refractivity contribution in [3.8, 4) is 0 Å². The third-order valence-electron chi connectivity index (χ3n) is 3.11. The molecule has 0 bridgehead atoms. The molecule has 0 aromatic carbocycles. The van der Waals surface area contributed by atoms with E-state index in [0.717, 1.165) is 12.8 Å². The number of hydrogen-bond donors (Lipinski definition) is 4. The summed E-state index contributed by atoms with van der Waals surface area (Å²) in [6.07, 6.45) is -1.76. The zero-order valence-electron chi connectivity index (χ0n) is 11.0. The number of carbonyl (C=O) groups is 1. The average Bonchev–Trinajstić information content (AvgIpc) is 2.39. The van der Waals surface area contributed by atoms with Gasteiger partial charge >= 0.3 is 5.97 Å². The van der Waals surface area contributed by atoms with E-state index in [4.69, 9.17) is 9.47 Å². The van der Waals surface area contributed by atoms with Gasteiger partial charge in [-0.1, -0.05) is 19.8 Å². The normalized spacial score (nSPS) is 35.1. The lowest BCUT2D eigenvalue weighted by molar-refractivity contribution is -0.332. The summed E-state index contributed by atoms with van der Waals surface area (Å²) < 4.78 is 9.67. The van der Waals surface area contributed by atoms with Gasteiger partial charge < -0.3 is 29.9 Å².